The minimum absolute atomic E-state index is 0.225. The smallest absolute Gasteiger partial charge is 0.120 e. The van der Waals surface area contributed by atoms with E-state index in [0.717, 1.165) is 18.8 Å². The van der Waals surface area contributed by atoms with Gasteiger partial charge in [0, 0.05) is 12.1 Å². The molecule has 3 heteroatoms. The number of piperidine rings is 1. The van der Waals surface area contributed by atoms with Crippen LogP contribution in [0, 0.1) is 0 Å². The van der Waals surface area contributed by atoms with E-state index in [1.807, 2.05) is 6.07 Å². The van der Waals surface area contributed by atoms with E-state index >= 15 is 0 Å². The maximum atomic E-state index is 5.76. The number of nitrogens with one attached hydrogen (secondary N) is 2. The number of hydrogen-bond donors (Lipinski definition) is 2. The summed E-state index contributed by atoms with van der Waals surface area (Å²) in [5, 5.41) is 7.12. The highest BCUT2D eigenvalue weighted by molar-refractivity contribution is 5.30. The van der Waals surface area contributed by atoms with E-state index in [1.54, 1.807) is 0 Å². The average molecular weight is 262 g/mol. The highest BCUT2D eigenvalue weighted by Crippen LogP contribution is 2.21. The van der Waals surface area contributed by atoms with Crippen LogP contribution in [-0.4, -0.2) is 25.2 Å². The number of hydrogen-bond acceptors (Lipinski definition) is 3. The van der Waals surface area contributed by atoms with Crippen molar-refractivity contribution in [1.29, 1.82) is 0 Å². The van der Waals surface area contributed by atoms with E-state index in [2.05, 4.69) is 49.6 Å². The molecule has 19 heavy (non-hydrogen) atoms. The summed E-state index contributed by atoms with van der Waals surface area (Å²) < 4.78 is 5.76. The molecule has 0 amide bonds. The standard InChI is InChI=1S/C16H26N2O/c1-12(2)19-16-6-4-5-14(11-16)13(3)18-15-7-9-17-10-8-15/h4-6,11-13,15,17-18H,7-10H2,1-3H3. The molecule has 1 unspecified atom stereocenters. The second-order valence-electron chi connectivity index (χ2n) is 5.65. The van der Waals surface area contributed by atoms with Gasteiger partial charge in [0.15, 0.2) is 0 Å². The van der Waals surface area contributed by atoms with Gasteiger partial charge < -0.3 is 15.4 Å². The molecule has 0 spiro atoms. The molecule has 1 aromatic rings. The molecule has 1 aromatic carbocycles. The van der Waals surface area contributed by atoms with Gasteiger partial charge in [0.2, 0.25) is 0 Å². The van der Waals surface area contributed by atoms with Gasteiger partial charge >= 0.3 is 0 Å². The molecular formula is C16H26N2O. The van der Waals surface area contributed by atoms with Crippen LogP contribution in [0.15, 0.2) is 24.3 Å². The molecule has 1 aliphatic heterocycles. The van der Waals surface area contributed by atoms with E-state index in [0.29, 0.717) is 12.1 Å². The van der Waals surface area contributed by atoms with E-state index in [9.17, 15) is 0 Å². The second kappa shape index (κ2) is 6.92. The fourth-order valence-electron chi connectivity index (χ4n) is 2.57. The highest BCUT2D eigenvalue weighted by Gasteiger charge is 2.16. The first kappa shape index (κ1) is 14.4. The lowest BCUT2D eigenvalue weighted by molar-refractivity contribution is 0.242. The van der Waals surface area contributed by atoms with Crippen molar-refractivity contribution in [2.24, 2.45) is 0 Å². The SMILES string of the molecule is CC(C)Oc1cccc(C(C)NC2CCNCC2)c1. The molecule has 0 saturated carbocycles. The molecule has 0 aliphatic carbocycles. The van der Waals surface area contributed by atoms with Crippen LogP contribution >= 0.6 is 0 Å². The van der Waals surface area contributed by atoms with Crippen LogP contribution in [0.5, 0.6) is 5.75 Å². The predicted octanol–water partition coefficient (Wildman–Crippen LogP) is 2.88. The van der Waals surface area contributed by atoms with Gasteiger partial charge in [-0.25, -0.2) is 0 Å². The monoisotopic (exact) mass is 262 g/mol. The van der Waals surface area contributed by atoms with Crippen molar-refractivity contribution in [1.82, 2.24) is 10.6 Å². The number of benzene rings is 1. The van der Waals surface area contributed by atoms with Gasteiger partial charge in [-0.2, -0.15) is 0 Å². The van der Waals surface area contributed by atoms with Crippen molar-refractivity contribution in [3.63, 3.8) is 0 Å². The first-order chi connectivity index (χ1) is 9.15. The van der Waals surface area contributed by atoms with Crippen molar-refractivity contribution in [2.75, 3.05) is 13.1 Å². The maximum absolute atomic E-state index is 5.76. The van der Waals surface area contributed by atoms with Gasteiger partial charge in [0.1, 0.15) is 5.75 Å². The lowest BCUT2D eigenvalue weighted by Crippen LogP contribution is -2.40. The molecule has 1 atom stereocenters. The van der Waals surface area contributed by atoms with E-state index in [-0.39, 0.29) is 6.10 Å². The Morgan fingerprint density at radius 1 is 1.21 bits per heavy atom. The fourth-order valence-corrected chi connectivity index (χ4v) is 2.57. The minimum Gasteiger partial charge on any atom is -0.491 e. The van der Waals surface area contributed by atoms with Crippen molar-refractivity contribution in [3.05, 3.63) is 29.8 Å². The van der Waals surface area contributed by atoms with E-state index < -0.39 is 0 Å². The summed E-state index contributed by atoms with van der Waals surface area (Å²) in [7, 11) is 0. The molecule has 1 aliphatic rings. The minimum atomic E-state index is 0.225. The number of rotatable bonds is 5. The fraction of sp³-hybridized carbons (Fsp3) is 0.625. The lowest BCUT2D eigenvalue weighted by Gasteiger charge is -2.27. The molecule has 2 rings (SSSR count). The van der Waals surface area contributed by atoms with E-state index in [1.165, 1.54) is 18.4 Å². The van der Waals surface area contributed by atoms with Gasteiger partial charge in [-0.1, -0.05) is 12.1 Å². The summed E-state index contributed by atoms with van der Waals surface area (Å²) in [5.74, 6) is 0.964. The van der Waals surface area contributed by atoms with Crippen molar-refractivity contribution in [3.8, 4) is 5.75 Å². The zero-order chi connectivity index (χ0) is 13.7. The molecule has 0 aromatic heterocycles. The molecule has 0 bridgehead atoms. The first-order valence-electron chi connectivity index (χ1n) is 7.38. The van der Waals surface area contributed by atoms with Gasteiger partial charge in [-0.05, 0) is 64.4 Å². The molecule has 1 saturated heterocycles. The largest absolute Gasteiger partial charge is 0.491 e. The Labute approximate surface area is 116 Å². The molecular weight excluding hydrogens is 236 g/mol. The topological polar surface area (TPSA) is 33.3 Å². The molecule has 2 N–H and O–H groups in total. The zero-order valence-corrected chi connectivity index (χ0v) is 12.3. The summed E-state index contributed by atoms with van der Waals surface area (Å²) in [5.41, 5.74) is 1.30. The van der Waals surface area contributed by atoms with Crippen LogP contribution < -0.4 is 15.4 Å². The zero-order valence-electron chi connectivity index (χ0n) is 12.3. The van der Waals surface area contributed by atoms with Gasteiger partial charge in [-0.3, -0.25) is 0 Å². The van der Waals surface area contributed by atoms with Crippen LogP contribution in [0.1, 0.15) is 45.2 Å². The molecule has 1 heterocycles. The summed E-state index contributed by atoms with van der Waals surface area (Å²) in [6.07, 6.45) is 2.65. The lowest BCUT2D eigenvalue weighted by atomic mass is 10.0. The summed E-state index contributed by atoms with van der Waals surface area (Å²) in [6.45, 7) is 8.60. The first-order valence-corrected chi connectivity index (χ1v) is 7.38. The quantitative estimate of drug-likeness (QED) is 0.856. The maximum Gasteiger partial charge on any atom is 0.120 e. The molecule has 3 nitrogen and oxygen atoms in total. The van der Waals surface area contributed by atoms with Crippen molar-refractivity contribution >= 4 is 0 Å². The highest BCUT2D eigenvalue weighted by atomic mass is 16.5. The average Bonchev–Trinajstić information content (AvgIpc) is 2.39. The van der Waals surface area contributed by atoms with Crippen molar-refractivity contribution < 1.29 is 4.74 Å². The molecule has 1 fully saturated rings. The van der Waals surface area contributed by atoms with Crippen LogP contribution in [0.25, 0.3) is 0 Å². The van der Waals surface area contributed by atoms with Crippen LogP contribution in [0.4, 0.5) is 0 Å². The Morgan fingerprint density at radius 2 is 1.95 bits per heavy atom. The molecule has 0 radical (unpaired) electrons. The Hall–Kier alpha value is -1.06. The predicted molar refractivity (Wildman–Crippen MR) is 79.6 cm³/mol. The Kier molecular flexibility index (Phi) is 5.23. The molecule has 106 valence electrons. The Balaban J connectivity index is 1.95. The van der Waals surface area contributed by atoms with Crippen LogP contribution in [0.2, 0.25) is 0 Å². The second-order valence-corrected chi connectivity index (χ2v) is 5.65. The summed E-state index contributed by atoms with van der Waals surface area (Å²) >= 11 is 0. The third kappa shape index (κ3) is 4.51. The van der Waals surface area contributed by atoms with Crippen LogP contribution in [-0.2, 0) is 0 Å². The third-order valence-electron chi connectivity index (χ3n) is 3.55. The Bertz CT molecular complexity index is 386. The summed E-state index contributed by atoms with van der Waals surface area (Å²) in [4.78, 5) is 0. The summed E-state index contributed by atoms with van der Waals surface area (Å²) in [6, 6.07) is 9.43. The van der Waals surface area contributed by atoms with Gasteiger partial charge in [0.25, 0.3) is 0 Å². The van der Waals surface area contributed by atoms with Gasteiger partial charge in [-0.15, -0.1) is 0 Å². The van der Waals surface area contributed by atoms with Crippen molar-refractivity contribution in [2.45, 2.75) is 51.8 Å². The normalized spacial score (nSPS) is 18.5. The van der Waals surface area contributed by atoms with Gasteiger partial charge in [0.05, 0.1) is 6.10 Å². The third-order valence-corrected chi connectivity index (χ3v) is 3.55. The van der Waals surface area contributed by atoms with Crippen LogP contribution in [0.3, 0.4) is 0 Å². The number of ether oxygens (including phenoxy) is 1. The Morgan fingerprint density at radius 3 is 2.63 bits per heavy atom. The van der Waals surface area contributed by atoms with E-state index in [4.69, 9.17) is 4.74 Å².